The van der Waals surface area contributed by atoms with Crippen LogP contribution in [0.5, 0.6) is 0 Å². The minimum atomic E-state index is -0.127. The van der Waals surface area contributed by atoms with Crippen molar-refractivity contribution in [3.63, 3.8) is 0 Å². The standard InChI is InChI=1S/C13H23N5OS/c1-3-6-14-13-17-16-12(20-13)11(19)15-9-10(2)18-7-4-5-8-18/h10H,3-9H2,1-2H3,(H,14,17)(H,15,19). The molecule has 1 atom stereocenters. The molecule has 1 unspecified atom stereocenters. The Bertz CT molecular complexity index is 430. The molecule has 0 bridgehead atoms. The summed E-state index contributed by atoms with van der Waals surface area (Å²) in [5.74, 6) is -0.127. The Labute approximate surface area is 124 Å². The summed E-state index contributed by atoms with van der Waals surface area (Å²) in [4.78, 5) is 14.4. The Morgan fingerprint density at radius 2 is 2.15 bits per heavy atom. The summed E-state index contributed by atoms with van der Waals surface area (Å²) in [5.41, 5.74) is 0. The lowest BCUT2D eigenvalue weighted by molar-refractivity contribution is 0.0939. The molecule has 20 heavy (non-hydrogen) atoms. The van der Waals surface area contributed by atoms with Gasteiger partial charge in [0.15, 0.2) is 0 Å². The van der Waals surface area contributed by atoms with Crippen molar-refractivity contribution in [3.8, 4) is 0 Å². The molecule has 1 aliphatic heterocycles. The minimum Gasteiger partial charge on any atom is -0.360 e. The molecule has 112 valence electrons. The maximum atomic E-state index is 12.0. The molecule has 1 aromatic rings. The van der Waals surface area contributed by atoms with Crippen LogP contribution in [0.3, 0.4) is 0 Å². The van der Waals surface area contributed by atoms with Crippen LogP contribution in [0.25, 0.3) is 0 Å². The molecular formula is C13H23N5OS. The molecule has 7 heteroatoms. The molecular weight excluding hydrogens is 274 g/mol. The average molecular weight is 297 g/mol. The number of amides is 1. The molecule has 1 aliphatic rings. The third kappa shape index (κ3) is 4.14. The second-order valence-electron chi connectivity index (χ2n) is 5.14. The fraction of sp³-hybridized carbons (Fsp3) is 0.769. The minimum absolute atomic E-state index is 0.127. The highest BCUT2D eigenvalue weighted by molar-refractivity contribution is 7.17. The van der Waals surface area contributed by atoms with E-state index in [1.807, 2.05) is 0 Å². The Hall–Kier alpha value is -1.21. The van der Waals surface area contributed by atoms with Gasteiger partial charge in [0.25, 0.3) is 5.91 Å². The number of likely N-dealkylation sites (tertiary alicyclic amines) is 1. The number of anilines is 1. The molecule has 2 heterocycles. The molecule has 1 fully saturated rings. The van der Waals surface area contributed by atoms with Gasteiger partial charge in [-0.15, -0.1) is 10.2 Å². The van der Waals surface area contributed by atoms with Gasteiger partial charge in [0.2, 0.25) is 10.1 Å². The van der Waals surface area contributed by atoms with E-state index in [9.17, 15) is 4.79 Å². The maximum Gasteiger partial charge on any atom is 0.282 e. The number of hydrogen-bond acceptors (Lipinski definition) is 6. The largest absolute Gasteiger partial charge is 0.360 e. The summed E-state index contributed by atoms with van der Waals surface area (Å²) < 4.78 is 0. The molecule has 6 nitrogen and oxygen atoms in total. The van der Waals surface area contributed by atoms with Crippen molar-refractivity contribution < 1.29 is 4.79 Å². The molecule has 2 N–H and O–H groups in total. The van der Waals surface area contributed by atoms with E-state index in [-0.39, 0.29) is 5.91 Å². The van der Waals surface area contributed by atoms with Gasteiger partial charge >= 0.3 is 0 Å². The molecule has 0 aliphatic carbocycles. The van der Waals surface area contributed by atoms with Crippen LogP contribution in [0.1, 0.15) is 42.9 Å². The third-order valence-corrected chi connectivity index (χ3v) is 4.35. The predicted molar refractivity (Wildman–Crippen MR) is 81.3 cm³/mol. The van der Waals surface area contributed by atoms with Gasteiger partial charge in [-0.05, 0) is 39.3 Å². The lowest BCUT2D eigenvalue weighted by atomic mass is 10.3. The average Bonchev–Trinajstić information content (AvgIpc) is 3.12. The van der Waals surface area contributed by atoms with E-state index in [1.54, 1.807) is 0 Å². The first-order valence-electron chi connectivity index (χ1n) is 7.30. The monoisotopic (exact) mass is 297 g/mol. The van der Waals surface area contributed by atoms with Crippen molar-refractivity contribution in [1.82, 2.24) is 20.4 Å². The molecule has 0 radical (unpaired) electrons. The molecule has 0 spiro atoms. The zero-order valence-corrected chi connectivity index (χ0v) is 13.0. The summed E-state index contributed by atoms with van der Waals surface area (Å²) in [7, 11) is 0. The molecule has 1 aromatic heterocycles. The van der Waals surface area contributed by atoms with Crippen LogP contribution in [0, 0.1) is 0 Å². The van der Waals surface area contributed by atoms with Crippen LogP contribution in [0.2, 0.25) is 0 Å². The fourth-order valence-electron chi connectivity index (χ4n) is 2.25. The number of aromatic nitrogens is 2. The van der Waals surface area contributed by atoms with E-state index >= 15 is 0 Å². The summed E-state index contributed by atoms with van der Waals surface area (Å²) >= 11 is 1.31. The summed E-state index contributed by atoms with van der Waals surface area (Å²) in [5, 5.41) is 15.1. The number of carbonyl (C=O) groups is 1. The fourth-order valence-corrected chi connectivity index (χ4v) is 2.93. The zero-order chi connectivity index (χ0) is 14.4. The second-order valence-corrected chi connectivity index (χ2v) is 6.12. The van der Waals surface area contributed by atoms with E-state index in [0.29, 0.717) is 22.7 Å². The number of hydrogen-bond donors (Lipinski definition) is 2. The summed E-state index contributed by atoms with van der Waals surface area (Å²) in [6, 6.07) is 0.382. The summed E-state index contributed by atoms with van der Waals surface area (Å²) in [6.07, 6.45) is 3.55. The van der Waals surface area contributed by atoms with Crippen molar-refractivity contribution >= 4 is 22.4 Å². The lowest BCUT2D eigenvalue weighted by Gasteiger charge is -2.23. The van der Waals surface area contributed by atoms with E-state index < -0.39 is 0 Å². The third-order valence-electron chi connectivity index (χ3n) is 3.47. The number of rotatable bonds is 7. The topological polar surface area (TPSA) is 70.1 Å². The van der Waals surface area contributed by atoms with Crippen LogP contribution >= 0.6 is 11.3 Å². The van der Waals surface area contributed by atoms with Gasteiger partial charge in [0.1, 0.15) is 0 Å². The Balaban J connectivity index is 1.77. The highest BCUT2D eigenvalue weighted by atomic mass is 32.1. The van der Waals surface area contributed by atoms with Crippen molar-refractivity contribution in [2.24, 2.45) is 0 Å². The molecule has 2 rings (SSSR count). The van der Waals surface area contributed by atoms with Gasteiger partial charge in [0, 0.05) is 19.1 Å². The highest BCUT2D eigenvalue weighted by Crippen LogP contribution is 2.15. The first kappa shape index (κ1) is 15.2. The van der Waals surface area contributed by atoms with Crippen LogP contribution in [-0.4, -0.2) is 53.2 Å². The van der Waals surface area contributed by atoms with E-state index in [1.165, 1.54) is 24.2 Å². The van der Waals surface area contributed by atoms with Gasteiger partial charge in [0.05, 0.1) is 0 Å². The first-order valence-corrected chi connectivity index (χ1v) is 8.12. The number of nitrogens with zero attached hydrogens (tertiary/aromatic N) is 3. The van der Waals surface area contributed by atoms with Crippen LogP contribution < -0.4 is 10.6 Å². The van der Waals surface area contributed by atoms with Crippen LogP contribution in [-0.2, 0) is 0 Å². The molecule has 1 saturated heterocycles. The highest BCUT2D eigenvalue weighted by Gasteiger charge is 2.19. The SMILES string of the molecule is CCCNc1nnc(C(=O)NCC(C)N2CCCC2)s1. The van der Waals surface area contributed by atoms with Gasteiger partial charge in [-0.25, -0.2) is 0 Å². The quantitative estimate of drug-likeness (QED) is 0.799. The predicted octanol–water partition coefficient (Wildman–Crippen LogP) is 1.57. The Morgan fingerprint density at radius 3 is 2.85 bits per heavy atom. The Kier molecular flexibility index (Phi) is 5.72. The molecule has 0 aromatic carbocycles. The van der Waals surface area contributed by atoms with Crippen LogP contribution in [0.15, 0.2) is 0 Å². The number of carbonyl (C=O) groups excluding carboxylic acids is 1. The van der Waals surface area contributed by atoms with E-state index in [4.69, 9.17) is 0 Å². The second kappa shape index (κ2) is 7.54. The maximum absolute atomic E-state index is 12.0. The smallest absolute Gasteiger partial charge is 0.282 e. The van der Waals surface area contributed by atoms with Gasteiger partial charge in [-0.1, -0.05) is 18.3 Å². The van der Waals surface area contributed by atoms with Crippen LogP contribution in [0.4, 0.5) is 5.13 Å². The van der Waals surface area contributed by atoms with Crippen molar-refractivity contribution in [3.05, 3.63) is 5.01 Å². The zero-order valence-electron chi connectivity index (χ0n) is 12.2. The van der Waals surface area contributed by atoms with Gasteiger partial charge in [-0.3, -0.25) is 9.69 Å². The van der Waals surface area contributed by atoms with E-state index in [2.05, 4.69) is 39.6 Å². The molecule has 1 amide bonds. The normalized spacial score (nSPS) is 17.1. The Morgan fingerprint density at radius 1 is 1.40 bits per heavy atom. The van der Waals surface area contributed by atoms with Crippen molar-refractivity contribution in [2.45, 2.75) is 39.2 Å². The molecule has 0 saturated carbocycles. The lowest BCUT2D eigenvalue weighted by Crippen LogP contribution is -2.40. The van der Waals surface area contributed by atoms with Crippen molar-refractivity contribution in [1.29, 1.82) is 0 Å². The summed E-state index contributed by atoms with van der Waals surface area (Å²) in [6.45, 7) is 8.03. The van der Waals surface area contributed by atoms with Crippen molar-refractivity contribution in [2.75, 3.05) is 31.5 Å². The number of nitrogens with one attached hydrogen (secondary N) is 2. The first-order chi connectivity index (χ1) is 9.70. The van der Waals surface area contributed by atoms with Gasteiger partial charge < -0.3 is 10.6 Å². The van der Waals surface area contributed by atoms with Gasteiger partial charge in [-0.2, -0.15) is 0 Å². The van der Waals surface area contributed by atoms with E-state index in [0.717, 1.165) is 26.1 Å².